The lowest BCUT2D eigenvalue weighted by Crippen LogP contribution is -2.27. The Morgan fingerprint density at radius 3 is 2.58 bits per heavy atom. The lowest BCUT2D eigenvalue weighted by atomic mass is 10.1. The summed E-state index contributed by atoms with van der Waals surface area (Å²) in [5, 5.41) is 8.19. The quantitative estimate of drug-likeness (QED) is 0.629. The molecule has 2 N–H and O–H groups in total. The maximum atomic E-state index is 11.2. The van der Waals surface area contributed by atoms with Crippen LogP contribution in [0.1, 0.15) is 23.2 Å². The molecule has 0 bridgehead atoms. The van der Waals surface area contributed by atoms with Crippen LogP contribution in [-0.2, 0) is 9.53 Å². The van der Waals surface area contributed by atoms with Gasteiger partial charge in [-0.1, -0.05) is 12.2 Å². The van der Waals surface area contributed by atoms with Gasteiger partial charge in [0.25, 0.3) is 0 Å². The number of ether oxygens (including phenoxy) is 1. The van der Waals surface area contributed by atoms with Crippen LogP contribution in [0.15, 0.2) is 0 Å². The van der Waals surface area contributed by atoms with Crippen molar-refractivity contribution in [2.45, 2.75) is 20.3 Å². The molecule has 0 atom stereocenters. The van der Waals surface area contributed by atoms with E-state index in [1.54, 1.807) is 4.90 Å². The Bertz CT molecular complexity index is 505. The van der Waals surface area contributed by atoms with Crippen molar-refractivity contribution in [3.63, 3.8) is 0 Å². The van der Waals surface area contributed by atoms with Crippen molar-refractivity contribution in [2.24, 2.45) is 5.73 Å². The molecular weight excluding hydrogens is 264 g/mol. The number of thiocarbonyl (C=S) groups is 1. The standard InChI is InChI=1S/C12H18N4O2S/c1-7-8(2)14-15-12(10(7)11(13)19)16(3)6-5-9(17)18-4/h5-6H2,1-4H3,(H2,13,19). The molecule has 0 fully saturated rings. The molecule has 0 unspecified atom stereocenters. The van der Waals surface area contributed by atoms with Crippen molar-refractivity contribution in [1.82, 2.24) is 10.2 Å². The third-order valence-electron chi connectivity index (χ3n) is 2.92. The van der Waals surface area contributed by atoms with Gasteiger partial charge in [0.15, 0.2) is 5.82 Å². The van der Waals surface area contributed by atoms with Crippen LogP contribution < -0.4 is 10.6 Å². The number of anilines is 1. The fraction of sp³-hybridized carbons (Fsp3) is 0.500. The minimum Gasteiger partial charge on any atom is -0.469 e. The second kappa shape index (κ2) is 6.42. The summed E-state index contributed by atoms with van der Waals surface area (Å²) in [7, 11) is 3.17. The smallest absolute Gasteiger partial charge is 0.307 e. The van der Waals surface area contributed by atoms with E-state index in [1.165, 1.54) is 7.11 Å². The third kappa shape index (κ3) is 3.60. The fourth-order valence-electron chi connectivity index (χ4n) is 1.63. The Hall–Kier alpha value is -1.76. The van der Waals surface area contributed by atoms with Crippen LogP contribution in [0.2, 0.25) is 0 Å². The van der Waals surface area contributed by atoms with Gasteiger partial charge in [0.2, 0.25) is 0 Å². The maximum Gasteiger partial charge on any atom is 0.307 e. The van der Waals surface area contributed by atoms with Gasteiger partial charge in [0.05, 0.1) is 24.8 Å². The average Bonchev–Trinajstić information content (AvgIpc) is 2.37. The molecule has 0 saturated heterocycles. The van der Waals surface area contributed by atoms with Crippen LogP contribution in [0, 0.1) is 13.8 Å². The molecule has 6 nitrogen and oxygen atoms in total. The van der Waals surface area contributed by atoms with Gasteiger partial charge in [-0.25, -0.2) is 0 Å². The Labute approximate surface area is 117 Å². The van der Waals surface area contributed by atoms with Crippen molar-refractivity contribution in [2.75, 3.05) is 25.6 Å². The fourth-order valence-corrected chi connectivity index (χ4v) is 1.87. The van der Waals surface area contributed by atoms with Gasteiger partial charge < -0.3 is 15.4 Å². The number of rotatable bonds is 5. The molecule has 0 amide bonds. The topological polar surface area (TPSA) is 81.3 Å². The van der Waals surface area contributed by atoms with Crippen molar-refractivity contribution in [3.8, 4) is 0 Å². The Balaban J connectivity index is 3.03. The molecule has 1 aromatic rings. The molecule has 0 aromatic carbocycles. The molecule has 1 rings (SSSR count). The second-order valence-electron chi connectivity index (χ2n) is 4.22. The molecule has 104 valence electrons. The normalized spacial score (nSPS) is 10.1. The molecule has 0 aliphatic carbocycles. The van der Waals surface area contributed by atoms with E-state index >= 15 is 0 Å². The zero-order chi connectivity index (χ0) is 14.6. The highest BCUT2D eigenvalue weighted by Gasteiger charge is 2.17. The van der Waals surface area contributed by atoms with E-state index in [-0.39, 0.29) is 17.4 Å². The summed E-state index contributed by atoms with van der Waals surface area (Å²) in [6, 6.07) is 0. The molecule has 1 aromatic heterocycles. The van der Waals surface area contributed by atoms with E-state index in [2.05, 4.69) is 14.9 Å². The van der Waals surface area contributed by atoms with Crippen LogP contribution in [0.25, 0.3) is 0 Å². The number of nitrogens with two attached hydrogens (primary N) is 1. The SMILES string of the molecule is COC(=O)CCN(C)c1nnc(C)c(C)c1C(N)=S. The van der Waals surface area contributed by atoms with Crippen molar-refractivity contribution in [1.29, 1.82) is 0 Å². The molecule has 7 heteroatoms. The molecule has 19 heavy (non-hydrogen) atoms. The monoisotopic (exact) mass is 282 g/mol. The molecule has 1 heterocycles. The summed E-state index contributed by atoms with van der Waals surface area (Å²) < 4.78 is 4.60. The first-order chi connectivity index (χ1) is 8.88. The Morgan fingerprint density at radius 1 is 1.42 bits per heavy atom. The summed E-state index contributed by atoms with van der Waals surface area (Å²) in [5.74, 6) is 0.306. The van der Waals surface area contributed by atoms with Crippen LogP contribution >= 0.6 is 12.2 Å². The highest BCUT2D eigenvalue weighted by atomic mass is 32.1. The first-order valence-electron chi connectivity index (χ1n) is 5.80. The molecule has 0 spiro atoms. The molecule has 0 aliphatic heterocycles. The minimum absolute atomic E-state index is 0.262. The van der Waals surface area contributed by atoms with E-state index in [0.717, 1.165) is 11.3 Å². The van der Waals surface area contributed by atoms with Gasteiger partial charge in [0, 0.05) is 13.6 Å². The third-order valence-corrected chi connectivity index (χ3v) is 3.13. The van der Waals surface area contributed by atoms with E-state index in [4.69, 9.17) is 18.0 Å². The number of nitrogens with zero attached hydrogens (tertiary/aromatic N) is 3. The molecule has 0 radical (unpaired) electrons. The zero-order valence-corrected chi connectivity index (χ0v) is 12.4. The van der Waals surface area contributed by atoms with Gasteiger partial charge >= 0.3 is 5.97 Å². The first kappa shape index (κ1) is 15.3. The van der Waals surface area contributed by atoms with Crippen LogP contribution in [0.5, 0.6) is 0 Å². The first-order valence-corrected chi connectivity index (χ1v) is 6.21. The highest BCUT2D eigenvalue weighted by Crippen LogP contribution is 2.21. The number of hydrogen-bond acceptors (Lipinski definition) is 6. The average molecular weight is 282 g/mol. The largest absolute Gasteiger partial charge is 0.469 e. The lowest BCUT2D eigenvalue weighted by Gasteiger charge is -2.21. The summed E-state index contributed by atoms with van der Waals surface area (Å²) >= 11 is 5.07. The van der Waals surface area contributed by atoms with E-state index in [1.807, 2.05) is 20.9 Å². The van der Waals surface area contributed by atoms with Crippen molar-refractivity contribution >= 4 is 29.0 Å². The number of aromatic nitrogens is 2. The van der Waals surface area contributed by atoms with E-state index in [9.17, 15) is 4.79 Å². The summed E-state index contributed by atoms with van der Waals surface area (Å²) in [6.07, 6.45) is 0.262. The summed E-state index contributed by atoms with van der Waals surface area (Å²) in [5.41, 5.74) is 8.14. The number of carbonyl (C=O) groups excluding carboxylic acids is 1. The Kier molecular flexibility index (Phi) is 5.17. The number of aryl methyl sites for hydroxylation is 1. The highest BCUT2D eigenvalue weighted by molar-refractivity contribution is 7.80. The van der Waals surface area contributed by atoms with Gasteiger partial charge in [-0.3, -0.25) is 4.79 Å². The van der Waals surface area contributed by atoms with Crippen LogP contribution in [0.4, 0.5) is 5.82 Å². The van der Waals surface area contributed by atoms with Crippen molar-refractivity contribution in [3.05, 3.63) is 16.8 Å². The van der Waals surface area contributed by atoms with Crippen LogP contribution in [0.3, 0.4) is 0 Å². The molecule has 0 saturated carbocycles. The predicted octanol–water partition coefficient (Wildman–Crippen LogP) is 0.727. The number of carbonyl (C=O) groups is 1. The molecular formula is C12H18N4O2S. The summed E-state index contributed by atoms with van der Waals surface area (Å²) in [4.78, 5) is 13.2. The summed E-state index contributed by atoms with van der Waals surface area (Å²) in [6.45, 7) is 4.21. The van der Waals surface area contributed by atoms with Gasteiger partial charge in [-0.15, -0.1) is 5.10 Å². The number of hydrogen-bond donors (Lipinski definition) is 1. The minimum atomic E-state index is -0.277. The van der Waals surface area contributed by atoms with E-state index in [0.29, 0.717) is 17.9 Å². The predicted molar refractivity (Wildman–Crippen MR) is 77.3 cm³/mol. The van der Waals surface area contributed by atoms with Crippen molar-refractivity contribution < 1.29 is 9.53 Å². The lowest BCUT2D eigenvalue weighted by molar-refractivity contribution is -0.140. The zero-order valence-electron chi connectivity index (χ0n) is 11.6. The van der Waals surface area contributed by atoms with Crippen LogP contribution in [-0.4, -0.2) is 41.9 Å². The van der Waals surface area contributed by atoms with Gasteiger partial charge in [-0.2, -0.15) is 5.10 Å². The number of methoxy groups -OCH3 is 1. The number of esters is 1. The Morgan fingerprint density at radius 2 is 2.05 bits per heavy atom. The molecule has 0 aliphatic rings. The van der Waals surface area contributed by atoms with Gasteiger partial charge in [-0.05, 0) is 19.4 Å². The maximum absolute atomic E-state index is 11.2. The van der Waals surface area contributed by atoms with Gasteiger partial charge in [0.1, 0.15) is 4.99 Å². The second-order valence-corrected chi connectivity index (χ2v) is 4.66. The van der Waals surface area contributed by atoms with E-state index < -0.39 is 0 Å².